The molecule has 0 fully saturated rings. The van der Waals surface area contributed by atoms with E-state index in [2.05, 4.69) is 31.9 Å². The van der Waals surface area contributed by atoms with Gasteiger partial charge in [-0.15, -0.1) is 0 Å². The third kappa shape index (κ3) is 4.34. The van der Waals surface area contributed by atoms with Crippen molar-refractivity contribution < 1.29 is 9.47 Å². The summed E-state index contributed by atoms with van der Waals surface area (Å²) in [6.07, 6.45) is 0. The van der Waals surface area contributed by atoms with Gasteiger partial charge in [-0.25, -0.2) is 0 Å². The monoisotopic (exact) mass is 384 g/mol. The van der Waals surface area contributed by atoms with Crippen LogP contribution in [-0.2, 0) is 18.0 Å². The molecule has 2 aromatic rings. The highest BCUT2D eigenvalue weighted by molar-refractivity contribution is 9.10. The summed E-state index contributed by atoms with van der Waals surface area (Å²) in [6, 6.07) is 14.0. The molecule has 0 atom stereocenters. The van der Waals surface area contributed by atoms with E-state index in [1.165, 1.54) is 0 Å². The molecule has 4 heteroatoms. The largest absolute Gasteiger partial charge is 0.496 e. The van der Waals surface area contributed by atoms with Crippen molar-refractivity contribution >= 4 is 31.9 Å². The zero-order valence-corrected chi connectivity index (χ0v) is 13.7. The second-order valence-corrected chi connectivity index (χ2v) is 5.91. The molecule has 0 unspecified atom stereocenters. The lowest BCUT2D eigenvalue weighted by Gasteiger charge is -2.10. The zero-order chi connectivity index (χ0) is 13.7. The molecule has 2 aromatic carbocycles. The molecule has 0 aliphatic carbocycles. The van der Waals surface area contributed by atoms with Gasteiger partial charge in [0, 0.05) is 14.5 Å². The van der Waals surface area contributed by atoms with Crippen LogP contribution in [0.5, 0.6) is 5.75 Å². The van der Waals surface area contributed by atoms with E-state index in [1.54, 1.807) is 7.11 Å². The Kier molecular flexibility index (Phi) is 5.43. The number of rotatable bonds is 5. The van der Waals surface area contributed by atoms with Gasteiger partial charge >= 0.3 is 0 Å². The number of benzene rings is 2. The number of halogens is 2. The molecule has 0 saturated heterocycles. The van der Waals surface area contributed by atoms with Crippen LogP contribution in [0.4, 0.5) is 0 Å². The molecule has 0 radical (unpaired) electrons. The van der Waals surface area contributed by atoms with Gasteiger partial charge in [0.05, 0.1) is 20.3 Å². The van der Waals surface area contributed by atoms with Crippen LogP contribution >= 0.6 is 31.9 Å². The lowest BCUT2D eigenvalue weighted by atomic mass is 10.2. The summed E-state index contributed by atoms with van der Waals surface area (Å²) in [5.74, 6) is 0.846. The van der Waals surface area contributed by atoms with E-state index in [9.17, 15) is 0 Å². The number of ether oxygens (including phenoxy) is 2. The second kappa shape index (κ2) is 7.08. The Morgan fingerprint density at radius 3 is 2.26 bits per heavy atom. The smallest absolute Gasteiger partial charge is 0.124 e. The summed E-state index contributed by atoms with van der Waals surface area (Å²) >= 11 is 6.87. The topological polar surface area (TPSA) is 18.5 Å². The first-order chi connectivity index (χ1) is 9.19. The van der Waals surface area contributed by atoms with Crippen molar-refractivity contribution in [3.05, 3.63) is 62.5 Å². The molecule has 0 aliphatic rings. The second-order valence-electron chi connectivity index (χ2n) is 4.08. The van der Waals surface area contributed by atoms with Gasteiger partial charge in [-0.1, -0.05) is 44.0 Å². The first-order valence-electron chi connectivity index (χ1n) is 5.83. The fourth-order valence-electron chi connectivity index (χ4n) is 1.72. The van der Waals surface area contributed by atoms with Crippen molar-refractivity contribution in [2.75, 3.05) is 7.11 Å². The van der Waals surface area contributed by atoms with Crippen LogP contribution in [0.3, 0.4) is 0 Å². The average Bonchev–Trinajstić information content (AvgIpc) is 2.41. The highest BCUT2D eigenvalue weighted by atomic mass is 79.9. The normalized spacial score (nSPS) is 10.5. The molecule has 100 valence electrons. The third-order valence-electron chi connectivity index (χ3n) is 2.68. The van der Waals surface area contributed by atoms with Gasteiger partial charge in [-0.3, -0.25) is 0 Å². The first-order valence-corrected chi connectivity index (χ1v) is 7.42. The van der Waals surface area contributed by atoms with Crippen molar-refractivity contribution in [2.45, 2.75) is 13.2 Å². The number of hydrogen-bond donors (Lipinski definition) is 0. The molecule has 0 aliphatic heterocycles. The fraction of sp³-hybridized carbons (Fsp3) is 0.200. The molecule has 0 heterocycles. The van der Waals surface area contributed by atoms with Gasteiger partial charge in [-0.05, 0) is 35.9 Å². The van der Waals surface area contributed by atoms with E-state index in [-0.39, 0.29) is 0 Å². The van der Waals surface area contributed by atoms with Gasteiger partial charge < -0.3 is 9.47 Å². The van der Waals surface area contributed by atoms with Crippen LogP contribution in [0.2, 0.25) is 0 Å². The Balaban J connectivity index is 1.95. The minimum Gasteiger partial charge on any atom is -0.496 e. The van der Waals surface area contributed by atoms with E-state index in [1.807, 2.05) is 42.5 Å². The standard InChI is InChI=1S/C15H14Br2O2/c1-18-15-7-6-14(17)8-12(15)10-19-9-11-2-4-13(16)5-3-11/h2-8H,9-10H2,1H3. The van der Waals surface area contributed by atoms with E-state index < -0.39 is 0 Å². The Morgan fingerprint density at radius 2 is 1.58 bits per heavy atom. The lowest BCUT2D eigenvalue weighted by Crippen LogP contribution is -1.97. The van der Waals surface area contributed by atoms with Gasteiger partial charge in [0.2, 0.25) is 0 Å². The van der Waals surface area contributed by atoms with E-state index in [0.29, 0.717) is 13.2 Å². The van der Waals surface area contributed by atoms with Crippen LogP contribution in [0.15, 0.2) is 51.4 Å². The van der Waals surface area contributed by atoms with Crippen LogP contribution in [0.1, 0.15) is 11.1 Å². The van der Waals surface area contributed by atoms with Crippen molar-refractivity contribution in [3.8, 4) is 5.75 Å². The minimum absolute atomic E-state index is 0.526. The lowest BCUT2D eigenvalue weighted by molar-refractivity contribution is 0.105. The minimum atomic E-state index is 0.526. The van der Waals surface area contributed by atoms with Crippen molar-refractivity contribution in [3.63, 3.8) is 0 Å². The summed E-state index contributed by atoms with van der Waals surface area (Å²) in [5, 5.41) is 0. The average molecular weight is 386 g/mol. The summed E-state index contributed by atoms with van der Waals surface area (Å²) in [6.45, 7) is 1.11. The van der Waals surface area contributed by atoms with E-state index in [0.717, 1.165) is 25.8 Å². The van der Waals surface area contributed by atoms with Gasteiger partial charge in [-0.2, -0.15) is 0 Å². The van der Waals surface area contributed by atoms with Crippen molar-refractivity contribution in [2.24, 2.45) is 0 Å². The molecular weight excluding hydrogens is 372 g/mol. The van der Waals surface area contributed by atoms with Gasteiger partial charge in [0.15, 0.2) is 0 Å². The predicted molar refractivity (Wildman–Crippen MR) is 83.3 cm³/mol. The Bertz CT molecular complexity index is 538. The molecule has 0 N–H and O–H groups in total. The maximum absolute atomic E-state index is 5.73. The van der Waals surface area contributed by atoms with E-state index >= 15 is 0 Å². The van der Waals surface area contributed by atoms with E-state index in [4.69, 9.17) is 9.47 Å². The van der Waals surface area contributed by atoms with Crippen LogP contribution in [0, 0.1) is 0 Å². The first kappa shape index (κ1) is 14.6. The third-order valence-corrected chi connectivity index (χ3v) is 3.70. The molecule has 2 rings (SSSR count). The highest BCUT2D eigenvalue weighted by Gasteiger charge is 2.04. The molecule has 0 saturated carbocycles. The fourth-order valence-corrected chi connectivity index (χ4v) is 2.39. The van der Waals surface area contributed by atoms with Crippen molar-refractivity contribution in [1.29, 1.82) is 0 Å². The number of methoxy groups -OCH3 is 1. The Morgan fingerprint density at radius 1 is 0.895 bits per heavy atom. The maximum atomic E-state index is 5.73. The van der Waals surface area contributed by atoms with Crippen molar-refractivity contribution in [1.82, 2.24) is 0 Å². The summed E-state index contributed by atoms with van der Waals surface area (Å²) in [5.41, 5.74) is 2.19. The molecule has 0 bridgehead atoms. The molecule has 0 amide bonds. The Labute approximate surface area is 130 Å². The van der Waals surface area contributed by atoms with Crippen LogP contribution < -0.4 is 4.74 Å². The number of hydrogen-bond acceptors (Lipinski definition) is 2. The highest BCUT2D eigenvalue weighted by Crippen LogP contribution is 2.24. The summed E-state index contributed by atoms with van der Waals surface area (Å²) < 4.78 is 13.1. The molecule has 19 heavy (non-hydrogen) atoms. The molecule has 0 spiro atoms. The SMILES string of the molecule is COc1ccc(Br)cc1COCc1ccc(Br)cc1. The summed E-state index contributed by atoms with van der Waals surface area (Å²) in [4.78, 5) is 0. The van der Waals surface area contributed by atoms with Gasteiger partial charge in [0.1, 0.15) is 5.75 Å². The zero-order valence-electron chi connectivity index (χ0n) is 10.5. The summed E-state index contributed by atoms with van der Waals surface area (Å²) in [7, 11) is 1.67. The molecule has 0 aromatic heterocycles. The quantitative estimate of drug-likeness (QED) is 0.725. The van der Waals surface area contributed by atoms with Gasteiger partial charge in [0.25, 0.3) is 0 Å². The van der Waals surface area contributed by atoms with Crippen LogP contribution in [0.25, 0.3) is 0 Å². The molecule has 2 nitrogen and oxygen atoms in total. The Hall–Kier alpha value is -0.840. The molecular formula is C15H14Br2O2. The predicted octanol–water partition coefficient (Wildman–Crippen LogP) is 4.94. The van der Waals surface area contributed by atoms with Crippen LogP contribution in [-0.4, -0.2) is 7.11 Å². The maximum Gasteiger partial charge on any atom is 0.124 e.